The van der Waals surface area contributed by atoms with Crippen LogP contribution in [0.4, 0.5) is 5.95 Å². The van der Waals surface area contributed by atoms with Crippen LogP contribution in [0.3, 0.4) is 0 Å². The number of anilines is 1. The van der Waals surface area contributed by atoms with E-state index in [1.165, 1.54) is 4.88 Å². The van der Waals surface area contributed by atoms with Crippen molar-refractivity contribution in [3.8, 4) is 0 Å². The molecule has 4 nitrogen and oxygen atoms in total. The largest absolute Gasteiger partial charge is 0.336 e. The standard InChI is InChI=1S/C12H18N4S2/c1-4-15(8-10-6-5-7-18-10)11-13-14-12(17)16(11)9(2)3/h5-7,9H,4,8H2,1-3H3,(H,14,17). The first-order valence-electron chi connectivity index (χ1n) is 6.07. The molecule has 0 radical (unpaired) electrons. The van der Waals surface area contributed by atoms with Crippen LogP contribution in [0.2, 0.25) is 0 Å². The number of hydrogen-bond acceptors (Lipinski definition) is 4. The summed E-state index contributed by atoms with van der Waals surface area (Å²) in [6.45, 7) is 8.16. The van der Waals surface area contributed by atoms with E-state index in [0.717, 1.165) is 19.0 Å². The van der Waals surface area contributed by atoms with Gasteiger partial charge in [0, 0.05) is 17.5 Å². The summed E-state index contributed by atoms with van der Waals surface area (Å²) in [6.07, 6.45) is 0. The van der Waals surface area contributed by atoms with E-state index in [4.69, 9.17) is 12.2 Å². The van der Waals surface area contributed by atoms with Gasteiger partial charge in [0.15, 0.2) is 4.77 Å². The van der Waals surface area contributed by atoms with Crippen LogP contribution in [0.5, 0.6) is 0 Å². The van der Waals surface area contributed by atoms with Gasteiger partial charge in [0.25, 0.3) is 0 Å². The fourth-order valence-corrected chi connectivity index (χ4v) is 2.96. The second kappa shape index (κ2) is 5.67. The molecule has 98 valence electrons. The average Bonchev–Trinajstić information content (AvgIpc) is 2.94. The summed E-state index contributed by atoms with van der Waals surface area (Å²) in [4.78, 5) is 3.57. The van der Waals surface area contributed by atoms with Crippen LogP contribution >= 0.6 is 23.6 Å². The number of H-pyrrole nitrogens is 1. The van der Waals surface area contributed by atoms with Crippen LogP contribution in [0, 0.1) is 4.77 Å². The Hall–Kier alpha value is -1.14. The number of rotatable bonds is 5. The maximum Gasteiger partial charge on any atom is 0.226 e. The Bertz CT molecular complexity index is 539. The van der Waals surface area contributed by atoms with Crippen LogP contribution in [0.1, 0.15) is 31.7 Å². The molecule has 0 saturated heterocycles. The fraction of sp³-hybridized carbons (Fsp3) is 0.500. The van der Waals surface area contributed by atoms with Crippen molar-refractivity contribution in [3.05, 3.63) is 27.2 Å². The van der Waals surface area contributed by atoms with Crippen LogP contribution in [0.25, 0.3) is 0 Å². The molecule has 0 atom stereocenters. The van der Waals surface area contributed by atoms with E-state index in [1.807, 2.05) is 0 Å². The van der Waals surface area contributed by atoms with Crippen LogP contribution in [0.15, 0.2) is 17.5 Å². The minimum Gasteiger partial charge on any atom is -0.336 e. The maximum atomic E-state index is 5.29. The van der Waals surface area contributed by atoms with Gasteiger partial charge in [-0.25, -0.2) is 5.10 Å². The molecule has 0 fully saturated rings. The van der Waals surface area contributed by atoms with Crippen LogP contribution < -0.4 is 4.90 Å². The molecular formula is C12H18N4S2. The summed E-state index contributed by atoms with van der Waals surface area (Å²) >= 11 is 7.05. The lowest BCUT2D eigenvalue weighted by Gasteiger charge is -2.23. The highest BCUT2D eigenvalue weighted by molar-refractivity contribution is 7.71. The van der Waals surface area contributed by atoms with Gasteiger partial charge in [-0.05, 0) is 44.4 Å². The molecule has 2 aromatic rings. The van der Waals surface area contributed by atoms with Crippen molar-refractivity contribution in [1.29, 1.82) is 0 Å². The highest BCUT2D eigenvalue weighted by Crippen LogP contribution is 2.20. The number of aromatic nitrogens is 3. The van der Waals surface area contributed by atoms with Gasteiger partial charge in [0.05, 0.1) is 6.54 Å². The van der Waals surface area contributed by atoms with Gasteiger partial charge in [-0.1, -0.05) is 6.07 Å². The van der Waals surface area contributed by atoms with Gasteiger partial charge in [-0.2, -0.15) is 0 Å². The summed E-state index contributed by atoms with van der Waals surface area (Å²) in [5.41, 5.74) is 0. The number of nitrogens with zero attached hydrogens (tertiary/aromatic N) is 3. The first-order chi connectivity index (χ1) is 8.63. The quantitative estimate of drug-likeness (QED) is 0.851. The molecule has 0 bridgehead atoms. The van der Waals surface area contributed by atoms with Gasteiger partial charge in [-0.15, -0.1) is 16.4 Å². The molecule has 1 N–H and O–H groups in total. The Morgan fingerprint density at radius 1 is 1.56 bits per heavy atom. The Labute approximate surface area is 116 Å². The summed E-state index contributed by atoms with van der Waals surface area (Å²) in [5.74, 6) is 0.922. The van der Waals surface area contributed by atoms with E-state index >= 15 is 0 Å². The van der Waals surface area contributed by atoms with Gasteiger partial charge < -0.3 is 4.90 Å². The van der Waals surface area contributed by atoms with E-state index in [-0.39, 0.29) is 0 Å². The average molecular weight is 282 g/mol. The molecule has 0 spiro atoms. The lowest BCUT2D eigenvalue weighted by atomic mass is 10.4. The number of nitrogens with one attached hydrogen (secondary N) is 1. The Morgan fingerprint density at radius 3 is 2.89 bits per heavy atom. The van der Waals surface area contributed by atoms with E-state index < -0.39 is 0 Å². The van der Waals surface area contributed by atoms with Crippen molar-refractivity contribution in [2.75, 3.05) is 11.4 Å². The summed E-state index contributed by atoms with van der Waals surface area (Å²) < 4.78 is 2.75. The zero-order valence-corrected chi connectivity index (χ0v) is 12.5. The molecule has 0 aliphatic rings. The van der Waals surface area contributed by atoms with Gasteiger partial charge in [-0.3, -0.25) is 4.57 Å². The number of thiophene rings is 1. The zero-order valence-electron chi connectivity index (χ0n) is 10.9. The van der Waals surface area contributed by atoms with E-state index in [2.05, 4.69) is 57.9 Å². The Balaban J connectivity index is 2.30. The minimum atomic E-state index is 0.309. The second-order valence-electron chi connectivity index (χ2n) is 4.39. The van der Waals surface area contributed by atoms with Gasteiger partial charge in [0.2, 0.25) is 5.95 Å². The second-order valence-corrected chi connectivity index (χ2v) is 5.80. The lowest BCUT2D eigenvalue weighted by Crippen LogP contribution is -2.25. The molecule has 0 aromatic carbocycles. The maximum absolute atomic E-state index is 5.29. The summed E-state index contributed by atoms with van der Waals surface area (Å²) in [6, 6.07) is 4.53. The molecule has 0 saturated carbocycles. The van der Waals surface area contributed by atoms with Crippen LogP contribution in [-0.4, -0.2) is 21.3 Å². The van der Waals surface area contributed by atoms with E-state index in [9.17, 15) is 0 Å². The highest BCUT2D eigenvalue weighted by Gasteiger charge is 2.15. The third-order valence-electron chi connectivity index (χ3n) is 2.79. The molecule has 0 amide bonds. The topological polar surface area (TPSA) is 36.9 Å². The first kappa shape index (κ1) is 13.3. The molecule has 2 rings (SSSR count). The molecule has 6 heteroatoms. The molecular weight excluding hydrogens is 264 g/mol. The normalized spacial score (nSPS) is 11.1. The number of hydrogen-bond donors (Lipinski definition) is 1. The Morgan fingerprint density at radius 2 is 2.33 bits per heavy atom. The van der Waals surface area contributed by atoms with Crippen LogP contribution in [-0.2, 0) is 6.54 Å². The summed E-state index contributed by atoms with van der Waals surface area (Å²) in [5, 5.41) is 9.36. The van der Waals surface area contributed by atoms with Gasteiger partial charge >= 0.3 is 0 Å². The van der Waals surface area contributed by atoms with E-state index in [0.29, 0.717) is 10.8 Å². The fourth-order valence-electron chi connectivity index (χ4n) is 1.90. The molecule has 0 unspecified atom stereocenters. The lowest BCUT2D eigenvalue weighted by molar-refractivity contribution is 0.578. The molecule has 2 heterocycles. The minimum absolute atomic E-state index is 0.309. The zero-order chi connectivity index (χ0) is 13.1. The van der Waals surface area contributed by atoms with Crippen molar-refractivity contribution in [3.63, 3.8) is 0 Å². The third kappa shape index (κ3) is 2.64. The predicted octanol–water partition coefficient (Wildman–Crippen LogP) is 3.61. The van der Waals surface area contributed by atoms with Crippen molar-refractivity contribution < 1.29 is 0 Å². The smallest absolute Gasteiger partial charge is 0.226 e. The number of aromatic amines is 1. The predicted molar refractivity (Wildman–Crippen MR) is 78.8 cm³/mol. The highest BCUT2D eigenvalue weighted by atomic mass is 32.1. The summed E-state index contributed by atoms with van der Waals surface area (Å²) in [7, 11) is 0. The molecule has 0 aliphatic carbocycles. The third-order valence-corrected chi connectivity index (χ3v) is 3.94. The molecule has 18 heavy (non-hydrogen) atoms. The molecule has 2 aromatic heterocycles. The van der Waals surface area contributed by atoms with Crippen molar-refractivity contribution >= 4 is 29.5 Å². The Kier molecular flexibility index (Phi) is 4.19. The monoisotopic (exact) mass is 282 g/mol. The molecule has 0 aliphatic heterocycles. The SMILES string of the molecule is CCN(Cc1cccs1)c1n[nH]c(=S)n1C(C)C. The van der Waals surface area contributed by atoms with Crippen molar-refractivity contribution in [2.45, 2.75) is 33.4 Å². The van der Waals surface area contributed by atoms with Crippen molar-refractivity contribution in [2.24, 2.45) is 0 Å². The van der Waals surface area contributed by atoms with E-state index in [1.54, 1.807) is 11.3 Å². The van der Waals surface area contributed by atoms with Crippen molar-refractivity contribution in [1.82, 2.24) is 14.8 Å². The van der Waals surface area contributed by atoms with Gasteiger partial charge in [0.1, 0.15) is 0 Å². The first-order valence-corrected chi connectivity index (χ1v) is 7.36.